The summed E-state index contributed by atoms with van der Waals surface area (Å²) < 4.78 is 13.2. The molecule has 0 bridgehead atoms. The van der Waals surface area contributed by atoms with Gasteiger partial charge in [-0.25, -0.2) is 4.68 Å². The molecular weight excluding hydrogens is 512 g/mol. The monoisotopic (exact) mass is 548 g/mol. The van der Waals surface area contributed by atoms with Gasteiger partial charge in [0.25, 0.3) is 0 Å². The molecule has 5 rings (SSSR count). The van der Waals surface area contributed by atoms with Crippen molar-refractivity contribution in [1.29, 1.82) is 0 Å². The summed E-state index contributed by atoms with van der Waals surface area (Å²) in [5.41, 5.74) is 4.21. The summed E-state index contributed by atoms with van der Waals surface area (Å²) in [6.45, 7) is 8.34. The summed E-state index contributed by atoms with van der Waals surface area (Å²) in [6, 6.07) is 13.9. The Hall–Kier alpha value is -3.46. The Labute approximate surface area is 234 Å². The number of fused-ring (bicyclic) bond motifs is 1. The molecule has 2 heterocycles. The van der Waals surface area contributed by atoms with Crippen LogP contribution in [0.2, 0.25) is 0 Å². The van der Waals surface area contributed by atoms with Crippen LogP contribution in [-0.4, -0.2) is 54.2 Å². The van der Waals surface area contributed by atoms with Gasteiger partial charge in [-0.15, -0.1) is 11.8 Å². The van der Waals surface area contributed by atoms with Crippen molar-refractivity contribution in [3.63, 3.8) is 0 Å². The second-order valence-electron chi connectivity index (χ2n) is 11.2. The number of rotatable bonds is 7. The van der Waals surface area contributed by atoms with Gasteiger partial charge in [-0.3, -0.25) is 14.5 Å². The van der Waals surface area contributed by atoms with Crippen LogP contribution in [0.5, 0.6) is 11.5 Å². The number of methoxy groups -OCH3 is 2. The minimum absolute atomic E-state index is 0.0635. The smallest absolute Gasteiger partial charge is 0.240 e. The van der Waals surface area contributed by atoms with E-state index in [1.807, 2.05) is 54.1 Å². The van der Waals surface area contributed by atoms with Gasteiger partial charge in [0.05, 0.1) is 36.6 Å². The van der Waals surface area contributed by atoms with Gasteiger partial charge in [-0.1, -0.05) is 39.0 Å². The van der Waals surface area contributed by atoms with Crippen LogP contribution in [0.15, 0.2) is 42.5 Å². The molecule has 3 aromatic rings. The van der Waals surface area contributed by atoms with E-state index in [0.29, 0.717) is 17.3 Å². The molecule has 0 radical (unpaired) electrons. The molecule has 1 fully saturated rings. The lowest BCUT2D eigenvalue weighted by molar-refractivity contribution is -0.123. The molecule has 9 heteroatoms. The average Bonchev–Trinajstić information content (AvgIpc) is 3.65. The van der Waals surface area contributed by atoms with Crippen LogP contribution in [0, 0.1) is 6.92 Å². The van der Waals surface area contributed by atoms with E-state index in [9.17, 15) is 9.59 Å². The number of hydrogen-bond donors (Lipinski definition) is 1. The molecular formula is C30H36N4O4S. The Morgan fingerprint density at radius 3 is 2.51 bits per heavy atom. The van der Waals surface area contributed by atoms with Crippen molar-refractivity contribution >= 4 is 29.4 Å². The van der Waals surface area contributed by atoms with E-state index < -0.39 is 0 Å². The first-order valence-corrected chi connectivity index (χ1v) is 14.3. The lowest BCUT2D eigenvalue weighted by atomic mass is 9.87. The quantitative estimate of drug-likeness (QED) is 0.450. The number of anilines is 1. The van der Waals surface area contributed by atoms with E-state index in [2.05, 4.69) is 26.1 Å². The summed E-state index contributed by atoms with van der Waals surface area (Å²) in [5.74, 6) is 1.95. The first-order chi connectivity index (χ1) is 18.6. The third-order valence-electron chi connectivity index (χ3n) is 7.11. The van der Waals surface area contributed by atoms with Crippen LogP contribution in [0.25, 0.3) is 5.69 Å². The predicted molar refractivity (Wildman–Crippen MR) is 154 cm³/mol. The number of amides is 2. The number of nitrogens with zero attached hydrogens (tertiary/aromatic N) is 3. The van der Waals surface area contributed by atoms with E-state index >= 15 is 0 Å². The summed E-state index contributed by atoms with van der Waals surface area (Å²) in [5, 5.41) is 7.95. The number of carbonyl (C=O) groups is 2. The SMILES string of the molecule is COc1ccc(OC)c([C@@H]2SCC(=O)N(CC(=O)NC3CC3)c3c2c(C(C)(C)C)nn3-c2ccccc2C)c1. The molecule has 0 unspecified atom stereocenters. The summed E-state index contributed by atoms with van der Waals surface area (Å²) in [4.78, 5) is 28.6. The number of para-hydroxylation sites is 1. The maximum Gasteiger partial charge on any atom is 0.240 e. The van der Waals surface area contributed by atoms with Crippen molar-refractivity contribution in [2.24, 2.45) is 0 Å². The average molecular weight is 549 g/mol. The van der Waals surface area contributed by atoms with Gasteiger partial charge < -0.3 is 14.8 Å². The zero-order chi connectivity index (χ0) is 27.9. The molecule has 1 aromatic heterocycles. The maximum atomic E-state index is 13.8. The van der Waals surface area contributed by atoms with Crippen molar-refractivity contribution < 1.29 is 19.1 Å². The molecule has 2 aliphatic rings. The molecule has 39 heavy (non-hydrogen) atoms. The highest BCUT2D eigenvalue weighted by molar-refractivity contribution is 8.00. The fourth-order valence-electron chi connectivity index (χ4n) is 4.98. The Morgan fingerprint density at radius 1 is 1.13 bits per heavy atom. The first-order valence-electron chi connectivity index (χ1n) is 13.2. The number of thioether (sulfide) groups is 1. The number of nitrogens with one attached hydrogen (secondary N) is 1. The highest BCUT2D eigenvalue weighted by Gasteiger charge is 2.41. The summed E-state index contributed by atoms with van der Waals surface area (Å²) >= 11 is 1.52. The highest BCUT2D eigenvalue weighted by Crippen LogP contribution is 2.51. The summed E-state index contributed by atoms with van der Waals surface area (Å²) in [6.07, 6.45) is 1.96. The van der Waals surface area contributed by atoms with Gasteiger partial charge in [0.1, 0.15) is 23.9 Å². The standard InChI is InChI=1S/C30H36N4O4S/c1-18-9-7-8-10-22(18)34-29-26(28(32-34)30(2,3)4)27(21-15-20(37-5)13-14-23(21)38-6)39-17-25(36)33(29)16-24(35)31-19-11-12-19/h7-10,13-15,19,27H,11-12,16-17H2,1-6H3,(H,31,35)/t27-/m0/s1. The van der Waals surface area contributed by atoms with Crippen LogP contribution in [0.4, 0.5) is 5.82 Å². The molecule has 206 valence electrons. The first kappa shape index (κ1) is 27.1. The van der Waals surface area contributed by atoms with Crippen molar-refractivity contribution in [2.75, 3.05) is 31.4 Å². The second kappa shape index (κ2) is 10.6. The lowest BCUT2D eigenvalue weighted by Gasteiger charge is -2.25. The largest absolute Gasteiger partial charge is 0.497 e. The fraction of sp³-hybridized carbons (Fsp3) is 0.433. The Morgan fingerprint density at radius 2 is 1.87 bits per heavy atom. The maximum absolute atomic E-state index is 13.8. The third kappa shape index (κ3) is 5.37. The Bertz CT molecular complexity index is 1410. The zero-order valence-electron chi connectivity index (χ0n) is 23.4. The molecule has 1 atom stereocenters. The van der Waals surface area contributed by atoms with Gasteiger partial charge in [0, 0.05) is 22.6 Å². The number of benzene rings is 2. The third-order valence-corrected chi connectivity index (χ3v) is 8.34. The van der Waals surface area contributed by atoms with Gasteiger partial charge in [0.2, 0.25) is 11.8 Å². The van der Waals surface area contributed by atoms with Crippen LogP contribution >= 0.6 is 11.8 Å². The molecule has 2 aromatic carbocycles. The second-order valence-corrected chi connectivity index (χ2v) is 12.2. The lowest BCUT2D eigenvalue weighted by Crippen LogP contribution is -2.43. The Kier molecular flexibility index (Phi) is 7.37. The number of ether oxygens (including phenoxy) is 2. The van der Waals surface area contributed by atoms with Crippen LogP contribution in [-0.2, 0) is 15.0 Å². The van der Waals surface area contributed by atoms with E-state index in [4.69, 9.17) is 14.6 Å². The molecule has 0 saturated heterocycles. The van der Waals surface area contributed by atoms with E-state index in [0.717, 1.165) is 40.9 Å². The molecule has 1 aliphatic carbocycles. The highest BCUT2D eigenvalue weighted by atomic mass is 32.2. The molecule has 1 N–H and O–H groups in total. The molecule has 1 aliphatic heterocycles. The topological polar surface area (TPSA) is 85.7 Å². The van der Waals surface area contributed by atoms with Crippen molar-refractivity contribution in [3.8, 4) is 17.2 Å². The van der Waals surface area contributed by atoms with E-state index in [1.54, 1.807) is 19.1 Å². The zero-order valence-corrected chi connectivity index (χ0v) is 24.2. The minimum Gasteiger partial charge on any atom is -0.497 e. The molecule has 8 nitrogen and oxygen atoms in total. The fourth-order valence-corrected chi connectivity index (χ4v) is 6.19. The van der Waals surface area contributed by atoms with Crippen molar-refractivity contribution in [2.45, 2.75) is 57.2 Å². The van der Waals surface area contributed by atoms with Gasteiger partial charge in [0.15, 0.2) is 0 Å². The molecule has 2 amide bonds. The number of carbonyl (C=O) groups excluding carboxylic acids is 2. The minimum atomic E-state index is -0.349. The normalized spacial score (nSPS) is 17.4. The summed E-state index contributed by atoms with van der Waals surface area (Å²) in [7, 11) is 3.28. The van der Waals surface area contributed by atoms with Gasteiger partial charge in [-0.05, 0) is 49.6 Å². The van der Waals surface area contributed by atoms with Gasteiger partial charge >= 0.3 is 0 Å². The van der Waals surface area contributed by atoms with Gasteiger partial charge in [-0.2, -0.15) is 5.10 Å². The number of hydrogen-bond acceptors (Lipinski definition) is 6. The van der Waals surface area contributed by atoms with Crippen LogP contribution in [0.3, 0.4) is 0 Å². The van der Waals surface area contributed by atoms with Crippen molar-refractivity contribution in [1.82, 2.24) is 15.1 Å². The predicted octanol–water partition coefficient (Wildman–Crippen LogP) is 4.94. The molecule has 0 spiro atoms. The van der Waals surface area contributed by atoms with E-state index in [1.165, 1.54) is 11.8 Å². The van der Waals surface area contributed by atoms with Crippen LogP contribution in [0.1, 0.15) is 61.2 Å². The van der Waals surface area contributed by atoms with Crippen LogP contribution < -0.4 is 19.7 Å². The number of aryl methyl sites for hydroxylation is 1. The number of aromatic nitrogens is 2. The Balaban J connectivity index is 1.79. The van der Waals surface area contributed by atoms with E-state index in [-0.39, 0.29) is 40.8 Å². The molecule has 1 saturated carbocycles. The van der Waals surface area contributed by atoms with Crippen molar-refractivity contribution in [3.05, 3.63) is 64.8 Å².